The van der Waals surface area contributed by atoms with Gasteiger partial charge < -0.3 is 19.4 Å². The standard InChI is InChI=1S/C22H20N2O5/c1-24(21(26)15-29-17-10-8-16(14-25)9-11-17)20-7-3-2-6-19(20)22(27)23-13-18-5-4-12-28-18/h2-12,14H,13,15H2,1H3,(H,23,27). The molecule has 2 amide bonds. The van der Waals surface area contributed by atoms with Gasteiger partial charge in [-0.05, 0) is 48.5 Å². The van der Waals surface area contributed by atoms with E-state index in [2.05, 4.69) is 5.32 Å². The number of likely N-dealkylation sites (N-methyl/N-ethyl adjacent to an activating group) is 1. The van der Waals surface area contributed by atoms with Crippen molar-refractivity contribution in [3.63, 3.8) is 0 Å². The fourth-order valence-corrected chi connectivity index (χ4v) is 2.65. The number of para-hydroxylation sites is 1. The summed E-state index contributed by atoms with van der Waals surface area (Å²) in [6.45, 7) is 0.0387. The number of anilines is 1. The van der Waals surface area contributed by atoms with Crippen LogP contribution in [0.15, 0.2) is 71.3 Å². The van der Waals surface area contributed by atoms with E-state index in [1.807, 2.05) is 0 Å². The molecule has 0 fully saturated rings. The van der Waals surface area contributed by atoms with Crippen LogP contribution in [-0.4, -0.2) is 31.8 Å². The molecular formula is C22H20N2O5. The first-order valence-electron chi connectivity index (χ1n) is 8.92. The number of carbonyl (C=O) groups excluding carboxylic acids is 3. The van der Waals surface area contributed by atoms with Gasteiger partial charge in [-0.1, -0.05) is 12.1 Å². The summed E-state index contributed by atoms with van der Waals surface area (Å²) >= 11 is 0. The van der Waals surface area contributed by atoms with Gasteiger partial charge in [0.1, 0.15) is 17.8 Å². The van der Waals surface area contributed by atoms with Crippen molar-refractivity contribution in [3.05, 3.63) is 83.8 Å². The van der Waals surface area contributed by atoms with E-state index in [-0.39, 0.29) is 25.0 Å². The Morgan fingerprint density at radius 2 is 1.83 bits per heavy atom. The predicted octanol–water partition coefficient (Wildman–Crippen LogP) is 3.06. The van der Waals surface area contributed by atoms with Crippen molar-refractivity contribution in [3.8, 4) is 5.75 Å². The van der Waals surface area contributed by atoms with Crippen LogP contribution < -0.4 is 15.0 Å². The average molecular weight is 392 g/mol. The molecule has 3 rings (SSSR count). The van der Waals surface area contributed by atoms with Gasteiger partial charge in [0.25, 0.3) is 11.8 Å². The maximum absolute atomic E-state index is 12.6. The number of benzene rings is 2. The quantitative estimate of drug-likeness (QED) is 0.595. The molecule has 0 atom stereocenters. The minimum absolute atomic E-state index is 0.209. The molecule has 0 unspecified atom stereocenters. The Labute approximate surface area is 167 Å². The smallest absolute Gasteiger partial charge is 0.264 e. The molecule has 0 aliphatic heterocycles. The van der Waals surface area contributed by atoms with Gasteiger partial charge in [-0.3, -0.25) is 14.4 Å². The summed E-state index contributed by atoms with van der Waals surface area (Å²) in [6.07, 6.45) is 2.27. The Hall–Kier alpha value is -3.87. The third-order valence-corrected chi connectivity index (χ3v) is 4.27. The summed E-state index contributed by atoms with van der Waals surface area (Å²) < 4.78 is 10.7. The largest absolute Gasteiger partial charge is 0.484 e. The fourth-order valence-electron chi connectivity index (χ4n) is 2.65. The molecule has 0 saturated carbocycles. The van der Waals surface area contributed by atoms with Crippen LogP contribution in [0, 0.1) is 0 Å². The zero-order valence-corrected chi connectivity index (χ0v) is 15.8. The van der Waals surface area contributed by atoms with Crippen LogP contribution in [-0.2, 0) is 11.3 Å². The molecular weight excluding hydrogens is 372 g/mol. The summed E-state index contributed by atoms with van der Waals surface area (Å²) in [6, 6.07) is 16.8. The third kappa shape index (κ3) is 5.10. The van der Waals surface area contributed by atoms with Crippen molar-refractivity contribution < 1.29 is 23.5 Å². The summed E-state index contributed by atoms with van der Waals surface area (Å²) in [5, 5.41) is 2.77. The highest BCUT2D eigenvalue weighted by Gasteiger charge is 2.19. The number of amides is 2. The van der Waals surface area contributed by atoms with Crippen LogP contribution in [0.3, 0.4) is 0 Å². The molecule has 1 heterocycles. The van der Waals surface area contributed by atoms with Crippen molar-refractivity contribution in [2.75, 3.05) is 18.6 Å². The molecule has 1 aromatic heterocycles. The first-order chi connectivity index (χ1) is 14.1. The molecule has 0 bridgehead atoms. The second-order valence-electron chi connectivity index (χ2n) is 6.21. The van der Waals surface area contributed by atoms with Crippen molar-refractivity contribution in [2.24, 2.45) is 0 Å². The summed E-state index contributed by atoms with van der Waals surface area (Å²) in [4.78, 5) is 37.2. The topological polar surface area (TPSA) is 88.8 Å². The molecule has 7 heteroatoms. The van der Waals surface area contributed by atoms with E-state index < -0.39 is 0 Å². The van der Waals surface area contributed by atoms with Gasteiger partial charge in [0.15, 0.2) is 6.61 Å². The Kier molecular flexibility index (Phi) is 6.42. The maximum Gasteiger partial charge on any atom is 0.264 e. The molecule has 1 N–H and O–H groups in total. The fraction of sp³-hybridized carbons (Fsp3) is 0.136. The number of nitrogens with one attached hydrogen (secondary N) is 1. The van der Waals surface area contributed by atoms with E-state index in [1.165, 1.54) is 11.2 Å². The Balaban J connectivity index is 1.64. The molecule has 0 spiro atoms. The van der Waals surface area contributed by atoms with Gasteiger partial charge in [-0.2, -0.15) is 0 Å². The van der Waals surface area contributed by atoms with Crippen LogP contribution in [0.2, 0.25) is 0 Å². The Morgan fingerprint density at radius 3 is 2.52 bits per heavy atom. The normalized spacial score (nSPS) is 10.2. The van der Waals surface area contributed by atoms with Gasteiger partial charge in [-0.15, -0.1) is 0 Å². The number of hydrogen-bond acceptors (Lipinski definition) is 5. The first-order valence-corrected chi connectivity index (χ1v) is 8.92. The second kappa shape index (κ2) is 9.36. The van der Waals surface area contributed by atoms with Crippen molar-refractivity contribution in [1.82, 2.24) is 5.32 Å². The third-order valence-electron chi connectivity index (χ3n) is 4.27. The van der Waals surface area contributed by atoms with Crippen LogP contribution in [0.1, 0.15) is 26.5 Å². The minimum Gasteiger partial charge on any atom is -0.484 e. The number of carbonyl (C=O) groups is 3. The van der Waals surface area contributed by atoms with E-state index in [9.17, 15) is 14.4 Å². The highest BCUT2D eigenvalue weighted by atomic mass is 16.5. The Bertz CT molecular complexity index is 981. The zero-order chi connectivity index (χ0) is 20.6. The van der Waals surface area contributed by atoms with Crippen molar-refractivity contribution >= 4 is 23.8 Å². The van der Waals surface area contributed by atoms with Crippen LogP contribution in [0.5, 0.6) is 5.75 Å². The Morgan fingerprint density at radius 1 is 1.07 bits per heavy atom. The average Bonchev–Trinajstić information content (AvgIpc) is 3.29. The van der Waals surface area contributed by atoms with Crippen LogP contribution >= 0.6 is 0 Å². The number of furan rings is 1. The lowest BCUT2D eigenvalue weighted by Crippen LogP contribution is -2.33. The molecule has 148 valence electrons. The molecule has 0 saturated heterocycles. The van der Waals surface area contributed by atoms with Crippen molar-refractivity contribution in [1.29, 1.82) is 0 Å². The first kappa shape index (κ1) is 19.9. The van der Waals surface area contributed by atoms with Gasteiger partial charge in [0.2, 0.25) is 0 Å². The number of ether oxygens (including phenoxy) is 1. The van der Waals surface area contributed by atoms with Gasteiger partial charge in [0, 0.05) is 12.6 Å². The molecule has 0 radical (unpaired) electrons. The highest BCUT2D eigenvalue weighted by Crippen LogP contribution is 2.20. The molecule has 29 heavy (non-hydrogen) atoms. The summed E-state index contributed by atoms with van der Waals surface area (Å²) in [7, 11) is 1.58. The monoisotopic (exact) mass is 392 g/mol. The van der Waals surface area contributed by atoms with E-state index >= 15 is 0 Å². The van der Waals surface area contributed by atoms with Gasteiger partial charge in [0.05, 0.1) is 24.1 Å². The highest BCUT2D eigenvalue weighted by molar-refractivity contribution is 6.04. The van der Waals surface area contributed by atoms with E-state index in [4.69, 9.17) is 9.15 Å². The van der Waals surface area contributed by atoms with Crippen molar-refractivity contribution in [2.45, 2.75) is 6.54 Å². The van der Waals surface area contributed by atoms with Crippen LogP contribution in [0.25, 0.3) is 0 Å². The summed E-state index contributed by atoms with van der Waals surface area (Å²) in [5.41, 5.74) is 1.36. The number of rotatable bonds is 8. The lowest BCUT2D eigenvalue weighted by molar-refractivity contribution is -0.120. The molecule has 3 aromatic rings. The zero-order valence-electron chi connectivity index (χ0n) is 15.8. The molecule has 0 aliphatic carbocycles. The molecule has 0 aliphatic rings. The number of hydrogen-bond donors (Lipinski definition) is 1. The second-order valence-corrected chi connectivity index (χ2v) is 6.21. The van der Waals surface area contributed by atoms with Gasteiger partial charge in [-0.25, -0.2) is 0 Å². The lowest BCUT2D eigenvalue weighted by Gasteiger charge is -2.20. The SMILES string of the molecule is CN(C(=O)COc1ccc(C=O)cc1)c1ccccc1C(=O)NCc1ccco1. The lowest BCUT2D eigenvalue weighted by atomic mass is 10.1. The van der Waals surface area contributed by atoms with E-state index in [0.717, 1.165) is 6.29 Å². The maximum atomic E-state index is 12.6. The summed E-state index contributed by atoms with van der Waals surface area (Å²) in [5.74, 6) is 0.467. The number of aldehydes is 1. The minimum atomic E-state index is -0.323. The van der Waals surface area contributed by atoms with E-state index in [1.54, 1.807) is 67.7 Å². The van der Waals surface area contributed by atoms with E-state index in [0.29, 0.717) is 28.3 Å². The predicted molar refractivity (Wildman–Crippen MR) is 107 cm³/mol. The molecule has 2 aromatic carbocycles. The van der Waals surface area contributed by atoms with Crippen LogP contribution in [0.4, 0.5) is 5.69 Å². The number of nitrogens with zero attached hydrogens (tertiary/aromatic N) is 1. The molecule has 7 nitrogen and oxygen atoms in total. The van der Waals surface area contributed by atoms with Gasteiger partial charge >= 0.3 is 0 Å².